The van der Waals surface area contributed by atoms with E-state index in [1.165, 1.54) is 11.5 Å². The van der Waals surface area contributed by atoms with Crippen LogP contribution in [0, 0.1) is 6.92 Å². The van der Waals surface area contributed by atoms with Crippen LogP contribution in [-0.4, -0.2) is 19.4 Å². The molecular weight excluding hydrogens is 282 g/mol. The topological polar surface area (TPSA) is 69.6 Å². The molecule has 0 amide bonds. The van der Waals surface area contributed by atoms with Crippen LogP contribution in [0.4, 0.5) is 0 Å². The molecule has 0 saturated carbocycles. The second kappa shape index (κ2) is 5.98. The van der Waals surface area contributed by atoms with Crippen LogP contribution in [0.2, 0.25) is 5.02 Å². The van der Waals surface area contributed by atoms with Crippen LogP contribution >= 0.6 is 23.1 Å². The van der Waals surface area contributed by atoms with Crippen LogP contribution in [0.15, 0.2) is 0 Å². The second-order valence-electron chi connectivity index (χ2n) is 4.41. The molecule has 0 fully saturated rings. The van der Waals surface area contributed by atoms with Gasteiger partial charge in [0.25, 0.3) is 0 Å². The molecule has 0 radical (unpaired) electrons. The number of aryl methyl sites for hydroxylation is 3. The quantitative estimate of drug-likeness (QED) is 0.921. The minimum Gasteiger partial charge on any atom is -0.323 e. The molecule has 0 aliphatic rings. The molecule has 0 spiro atoms. The molecule has 2 aromatic heterocycles. The highest BCUT2D eigenvalue weighted by atomic mass is 35.5. The molecule has 2 heterocycles. The molecule has 19 heavy (non-hydrogen) atoms. The third kappa shape index (κ3) is 2.80. The maximum atomic E-state index is 6.39. The van der Waals surface area contributed by atoms with Crippen LogP contribution in [0.25, 0.3) is 0 Å². The van der Waals surface area contributed by atoms with Crippen LogP contribution in [0.5, 0.6) is 0 Å². The van der Waals surface area contributed by atoms with Gasteiger partial charge in [-0.05, 0) is 31.8 Å². The number of halogens is 1. The zero-order valence-electron chi connectivity index (χ0n) is 11.4. The van der Waals surface area contributed by atoms with Crippen molar-refractivity contribution in [1.82, 2.24) is 19.4 Å². The standard InChI is InChI=1S/C12H18ClN5S/c1-4-9-11(13)10(18(5-2)16-9)6-8(14)12-7(3)15-17-19-12/h8H,4-6,14H2,1-3H3. The van der Waals surface area contributed by atoms with Gasteiger partial charge in [-0.3, -0.25) is 4.68 Å². The molecule has 1 atom stereocenters. The number of aromatic nitrogens is 4. The molecular formula is C12H18ClN5S. The van der Waals surface area contributed by atoms with Gasteiger partial charge in [0.05, 0.1) is 27.0 Å². The second-order valence-corrected chi connectivity index (χ2v) is 5.57. The zero-order chi connectivity index (χ0) is 14.0. The van der Waals surface area contributed by atoms with E-state index >= 15 is 0 Å². The summed E-state index contributed by atoms with van der Waals surface area (Å²) in [7, 11) is 0. The average molecular weight is 300 g/mol. The van der Waals surface area contributed by atoms with Crippen LogP contribution in [0.1, 0.15) is 41.8 Å². The summed E-state index contributed by atoms with van der Waals surface area (Å²) >= 11 is 7.74. The fraction of sp³-hybridized carbons (Fsp3) is 0.583. The highest BCUT2D eigenvalue weighted by molar-refractivity contribution is 7.05. The molecule has 7 heteroatoms. The Morgan fingerprint density at radius 3 is 2.68 bits per heavy atom. The molecule has 2 N–H and O–H groups in total. The van der Waals surface area contributed by atoms with Crippen molar-refractivity contribution < 1.29 is 0 Å². The van der Waals surface area contributed by atoms with E-state index in [1.807, 2.05) is 11.6 Å². The van der Waals surface area contributed by atoms with Crippen molar-refractivity contribution >= 4 is 23.1 Å². The SMILES string of the molecule is CCc1nn(CC)c(CC(N)c2snnc2C)c1Cl. The van der Waals surface area contributed by atoms with Gasteiger partial charge in [-0.25, -0.2) is 0 Å². The van der Waals surface area contributed by atoms with E-state index in [1.54, 1.807) is 0 Å². The summed E-state index contributed by atoms with van der Waals surface area (Å²) in [5.74, 6) is 0. The molecule has 2 rings (SSSR count). The van der Waals surface area contributed by atoms with Gasteiger partial charge in [-0.1, -0.05) is 23.0 Å². The Kier molecular flexibility index (Phi) is 4.54. The fourth-order valence-electron chi connectivity index (χ4n) is 2.09. The Morgan fingerprint density at radius 1 is 1.42 bits per heavy atom. The van der Waals surface area contributed by atoms with Crippen molar-refractivity contribution in [3.05, 3.63) is 27.0 Å². The van der Waals surface area contributed by atoms with Crippen molar-refractivity contribution in [2.75, 3.05) is 0 Å². The lowest BCUT2D eigenvalue weighted by Crippen LogP contribution is -2.16. The van der Waals surface area contributed by atoms with E-state index in [2.05, 4.69) is 28.5 Å². The van der Waals surface area contributed by atoms with Crippen LogP contribution < -0.4 is 5.73 Å². The van der Waals surface area contributed by atoms with Crippen molar-refractivity contribution in [3.8, 4) is 0 Å². The summed E-state index contributed by atoms with van der Waals surface area (Å²) in [6.45, 7) is 6.82. The largest absolute Gasteiger partial charge is 0.323 e. The Bertz CT molecular complexity index is 562. The highest BCUT2D eigenvalue weighted by Gasteiger charge is 2.20. The van der Waals surface area contributed by atoms with E-state index in [-0.39, 0.29) is 6.04 Å². The van der Waals surface area contributed by atoms with Gasteiger partial charge >= 0.3 is 0 Å². The first-order valence-corrected chi connectivity index (χ1v) is 7.52. The summed E-state index contributed by atoms with van der Waals surface area (Å²) in [5.41, 5.74) is 9.08. The number of hydrogen-bond donors (Lipinski definition) is 1. The van der Waals surface area contributed by atoms with E-state index in [0.29, 0.717) is 6.42 Å². The summed E-state index contributed by atoms with van der Waals surface area (Å²) in [6, 6.07) is -0.135. The highest BCUT2D eigenvalue weighted by Crippen LogP contribution is 2.27. The minimum absolute atomic E-state index is 0.135. The first kappa shape index (κ1) is 14.4. The molecule has 0 bridgehead atoms. The normalized spacial score (nSPS) is 12.9. The molecule has 2 aromatic rings. The average Bonchev–Trinajstić information content (AvgIpc) is 2.95. The van der Waals surface area contributed by atoms with Gasteiger partial charge in [0.1, 0.15) is 0 Å². The van der Waals surface area contributed by atoms with Crippen molar-refractivity contribution in [2.45, 2.75) is 46.2 Å². The molecule has 104 valence electrons. The molecule has 0 saturated heterocycles. The van der Waals surface area contributed by atoms with Crippen LogP contribution in [0.3, 0.4) is 0 Å². The minimum atomic E-state index is -0.135. The van der Waals surface area contributed by atoms with Gasteiger partial charge < -0.3 is 5.73 Å². The predicted octanol–water partition coefficient (Wildman–Crippen LogP) is 2.52. The Hall–Kier alpha value is -0.980. The van der Waals surface area contributed by atoms with Crippen molar-refractivity contribution in [3.63, 3.8) is 0 Å². The number of nitrogens with two attached hydrogens (primary N) is 1. The Labute approximate surface area is 121 Å². The molecule has 5 nitrogen and oxygen atoms in total. The first-order valence-electron chi connectivity index (χ1n) is 6.36. The van der Waals surface area contributed by atoms with E-state index in [9.17, 15) is 0 Å². The number of hydrogen-bond acceptors (Lipinski definition) is 5. The maximum Gasteiger partial charge on any atom is 0.0850 e. The van der Waals surface area contributed by atoms with Gasteiger partial charge in [0.15, 0.2) is 0 Å². The Morgan fingerprint density at radius 2 is 2.16 bits per heavy atom. The number of nitrogens with zero attached hydrogens (tertiary/aromatic N) is 4. The smallest absolute Gasteiger partial charge is 0.0850 e. The van der Waals surface area contributed by atoms with Gasteiger partial charge in [0.2, 0.25) is 0 Å². The van der Waals surface area contributed by atoms with Crippen molar-refractivity contribution in [1.29, 1.82) is 0 Å². The fourth-order valence-corrected chi connectivity index (χ4v) is 3.08. The van der Waals surface area contributed by atoms with E-state index in [0.717, 1.165) is 39.9 Å². The van der Waals surface area contributed by atoms with Gasteiger partial charge in [0, 0.05) is 19.0 Å². The molecule has 0 aliphatic heterocycles. The monoisotopic (exact) mass is 299 g/mol. The first-order chi connectivity index (χ1) is 9.08. The molecule has 0 aromatic carbocycles. The summed E-state index contributed by atoms with van der Waals surface area (Å²) in [6.07, 6.45) is 1.49. The molecule has 1 unspecified atom stereocenters. The maximum absolute atomic E-state index is 6.39. The third-order valence-electron chi connectivity index (χ3n) is 3.13. The summed E-state index contributed by atoms with van der Waals surface area (Å²) < 4.78 is 5.86. The van der Waals surface area contributed by atoms with Crippen LogP contribution in [-0.2, 0) is 19.4 Å². The molecule has 0 aliphatic carbocycles. The zero-order valence-corrected chi connectivity index (χ0v) is 12.9. The summed E-state index contributed by atoms with van der Waals surface area (Å²) in [5, 5.41) is 9.25. The third-order valence-corrected chi connectivity index (χ3v) is 4.53. The van der Waals surface area contributed by atoms with Crippen molar-refractivity contribution in [2.24, 2.45) is 5.73 Å². The van der Waals surface area contributed by atoms with Gasteiger partial charge in [-0.2, -0.15) is 5.10 Å². The lowest BCUT2D eigenvalue weighted by atomic mass is 10.1. The van der Waals surface area contributed by atoms with E-state index in [4.69, 9.17) is 17.3 Å². The van der Waals surface area contributed by atoms with Gasteiger partial charge in [-0.15, -0.1) is 5.10 Å². The number of rotatable bonds is 5. The Balaban J connectivity index is 2.28. The summed E-state index contributed by atoms with van der Waals surface area (Å²) in [4.78, 5) is 1.01. The lowest BCUT2D eigenvalue weighted by Gasteiger charge is -2.11. The van der Waals surface area contributed by atoms with E-state index < -0.39 is 0 Å². The lowest BCUT2D eigenvalue weighted by molar-refractivity contribution is 0.587. The predicted molar refractivity (Wildman–Crippen MR) is 77.6 cm³/mol.